The number of thiophene rings is 1. The Kier molecular flexibility index (Phi) is 7.18. The third-order valence-electron chi connectivity index (χ3n) is 3.47. The summed E-state index contributed by atoms with van der Waals surface area (Å²) in [7, 11) is -1.50. The zero-order valence-corrected chi connectivity index (χ0v) is 16.0. The van der Waals surface area contributed by atoms with Crippen LogP contribution in [0.5, 0.6) is 0 Å². The molecular weight excluding hydrogens is 360 g/mol. The van der Waals surface area contributed by atoms with Gasteiger partial charge in [-0.3, -0.25) is 4.99 Å². The van der Waals surface area contributed by atoms with Crippen LogP contribution in [0.1, 0.15) is 17.4 Å². The van der Waals surface area contributed by atoms with Crippen molar-refractivity contribution >= 4 is 37.4 Å². The van der Waals surface area contributed by atoms with Crippen molar-refractivity contribution in [3.63, 3.8) is 0 Å². The van der Waals surface area contributed by atoms with Gasteiger partial charge in [-0.1, -0.05) is 18.2 Å². The molecule has 1 heterocycles. The Labute approximate surface area is 152 Å². The summed E-state index contributed by atoms with van der Waals surface area (Å²) in [4.78, 5) is 5.00. The number of rotatable bonds is 8. The first-order chi connectivity index (χ1) is 11.9. The number of aliphatic hydroxyl groups is 1. The molecule has 0 fully saturated rings. The molecule has 1 atom stereocenters. The molecule has 0 saturated carbocycles. The average Bonchev–Trinajstić information content (AvgIpc) is 3.00. The molecule has 2 aromatic rings. The second-order valence-electron chi connectivity index (χ2n) is 5.60. The van der Waals surface area contributed by atoms with Crippen molar-refractivity contribution in [1.29, 1.82) is 0 Å². The first-order valence-corrected chi connectivity index (χ1v) is 10.7. The number of aliphatic hydroxyl groups excluding tert-OH is 1. The summed E-state index contributed by atoms with van der Waals surface area (Å²) in [6.07, 6.45) is 1.14. The second-order valence-corrected chi connectivity index (χ2v) is 8.55. The molecule has 9 heteroatoms. The average molecular weight is 385 g/mol. The smallest absolute Gasteiger partial charge is 0.208 e. The Morgan fingerprint density at radius 1 is 1.28 bits per heavy atom. The van der Waals surface area contributed by atoms with Gasteiger partial charge in [0.25, 0.3) is 0 Å². The van der Waals surface area contributed by atoms with E-state index in [2.05, 4.69) is 20.3 Å². The Balaban J connectivity index is 1.76. The van der Waals surface area contributed by atoms with Gasteiger partial charge >= 0.3 is 0 Å². The van der Waals surface area contributed by atoms with E-state index in [4.69, 9.17) is 0 Å². The van der Waals surface area contributed by atoms with Gasteiger partial charge in [-0.25, -0.2) is 13.1 Å². The van der Waals surface area contributed by atoms with Gasteiger partial charge in [0, 0.05) is 36.3 Å². The van der Waals surface area contributed by atoms with Crippen LogP contribution in [-0.4, -0.2) is 52.4 Å². The molecule has 0 aliphatic carbocycles. The zero-order valence-electron chi connectivity index (χ0n) is 14.3. The van der Waals surface area contributed by atoms with Crippen molar-refractivity contribution in [2.45, 2.75) is 12.5 Å². The molecule has 0 aliphatic rings. The zero-order chi connectivity index (χ0) is 18.3. The highest BCUT2D eigenvalue weighted by atomic mass is 32.2. The van der Waals surface area contributed by atoms with Gasteiger partial charge in [-0.2, -0.15) is 0 Å². The highest BCUT2D eigenvalue weighted by Crippen LogP contribution is 2.29. The summed E-state index contributed by atoms with van der Waals surface area (Å²) in [6.45, 7) is 1.28. The lowest BCUT2D eigenvalue weighted by Gasteiger charge is -2.14. The van der Waals surface area contributed by atoms with Crippen molar-refractivity contribution < 1.29 is 13.5 Å². The van der Waals surface area contributed by atoms with Crippen LogP contribution in [0.15, 0.2) is 35.3 Å². The highest BCUT2D eigenvalue weighted by Gasteiger charge is 2.12. The molecule has 2 rings (SSSR count). The number of sulfonamides is 1. The monoisotopic (exact) mass is 384 g/mol. The van der Waals surface area contributed by atoms with E-state index in [0.29, 0.717) is 32.0 Å². The molecule has 0 bridgehead atoms. The summed E-state index contributed by atoms with van der Waals surface area (Å²) >= 11 is 1.58. The molecule has 138 valence electrons. The molecule has 0 amide bonds. The van der Waals surface area contributed by atoms with Crippen molar-refractivity contribution in [3.8, 4) is 0 Å². The van der Waals surface area contributed by atoms with Crippen molar-refractivity contribution in [1.82, 2.24) is 15.4 Å². The maximum atomic E-state index is 11.0. The SMILES string of the molecule is CN=C(NCCCNS(C)(=O)=O)NCC(O)c1cc2ccccc2s1. The molecular formula is C16H24N4O3S2. The largest absolute Gasteiger partial charge is 0.386 e. The van der Waals surface area contributed by atoms with Gasteiger partial charge in [-0.15, -0.1) is 11.3 Å². The first kappa shape index (κ1) is 19.6. The predicted octanol–water partition coefficient (Wildman–Crippen LogP) is 1.04. The molecule has 25 heavy (non-hydrogen) atoms. The number of nitrogens with one attached hydrogen (secondary N) is 3. The number of hydrogen-bond acceptors (Lipinski definition) is 5. The Morgan fingerprint density at radius 3 is 2.72 bits per heavy atom. The van der Waals surface area contributed by atoms with Gasteiger partial charge in [0.1, 0.15) is 6.10 Å². The number of hydrogen-bond donors (Lipinski definition) is 4. The first-order valence-electron chi connectivity index (χ1n) is 7.95. The quantitative estimate of drug-likeness (QED) is 0.309. The molecule has 7 nitrogen and oxygen atoms in total. The Morgan fingerprint density at radius 2 is 2.04 bits per heavy atom. The fourth-order valence-electron chi connectivity index (χ4n) is 2.23. The van der Waals surface area contributed by atoms with E-state index in [9.17, 15) is 13.5 Å². The number of nitrogens with zero attached hydrogens (tertiary/aromatic N) is 1. The van der Waals surface area contributed by atoms with Crippen LogP contribution in [0.3, 0.4) is 0 Å². The Bertz CT molecular complexity index is 785. The minimum absolute atomic E-state index is 0.341. The van der Waals surface area contributed by atoms with Gasteiger partial charge in [0.15, 0.2) is 5.96 Å². The molecule has 4 N–H and O–H groups in total. The standard InChI is InChI=1S/C16H24N4O3S2/c1-17-16(18-8-5-9-20-25(2,22)23)19-11-13(21)15-10-12-6-3-4-7-14(12)24-15/h3-4,6-7,10,13,20-21H,5,8-9,11H2,1-2H3,(H2,17,18,19). The number of guanidine groups is 1. The third kappa shape index (κ3) is 6.62. The second kappa shape index (κ2) is 9.14. The summed E-state index contributed by atoms with van der Waals surface area (Å²) in [5.74, 6) is 0.569. The predicted molar refractivity (Wildman–Crippen MR) is 104 cm³/mol. The van der Waals surface area contributed by atoms with Crippen molar-refractivity contribution in [2.75, 3.05) is 32.9 Å². The lowest BCUT2D eigenvalue weighted by atomic mass is 10.2. The van der Waals surface area contributed by atoms with E-state index >= 15 is 0 Å². The van der Waals surface area contributed by atoms with Crippen molar-refractivity contribution in [2.24, 2.45) is 4.99 Å². The van der Waals surface area contributed by atoms with Crippen LogP contribution in [0.2, 0.25) is 0 Å². The fourth-order valence-corrected chi connectivity index (χ4v) is 3.80. The molecule has 1 aromatic carbocycles. The van der Waals surface area contributed by atoms with Gasteiger partial charge in [0.05, 0.1) is 6.26 Å². The fraction of sp³-hybridized carbons (Fsp3) is 0.438. The van der Waals surface area contributed by atoms with Crippen LogP contribution in [0.4, 0.5) is 0 Å². The van der Waals surface area contributed by atoms with Gasteiger partial charge in [-0.05, 0) is 23.9 Å². The lowest BCUT2D eigenvalue weighted by Crippen LogP contribution is -2.40. The van der Waals surface area contributed by atoms with Crippen LogP contribution in [0.25, 0.3) is 10.1 Å². The number of fused-ring (bicyclic) bond motifs is 1. The van der Waals surface area contributed by atoms with E-state index in [0.717, 1.165) is 21.2 Å². The van der Waals surface area contributed by atoms with E-state index < -0.39 is 16.1 Å². The summed E-state index contributed by atoms with van der Waals surface area (Å²) < 4.78 is 25.5. The maximum absolute atomic E-state index is 11.0. The summed E-state index contributed by atoms with van der Waals surface area (Å²) in [5.41, 5.74) is 0. The van der Waals surface area contributed by atoms with Crippen LogP contribution in [0, 0.1) is 0 Å². The van der Waals surface area contributed by atoms with Crippen LogP contribution in [-0.2, 0) is 10.0 Å². The van der Waals surface area contributed by atoms with E-state index in [1.165, 1.54) is 0 Å². The van der Waals surface area contributed by atoms with Crippen LogP contribution < -0.4 is 15.4 Å². The normalized spacial score (nSPS) is 13.8. The molecule has 1 unspecified atom stereocenters. The van der Waals surface area contributed by atoms with Crippen molar-refractivity contribution in [3.05, 3.63) is 35.2 Å². The number of benzene rings is 1. The maximum Gasteiger partial charge on any atom is 0.208 e. The van der Waals surface area contributed by atoms with E-state index in [1.807, 2.05) is 30.3 Å². The van der Waals surface area contributed by atoms with Gasteiger partial charge in [0.2, 0.25) is 10.0 Å². The summed E-state index contributed by atoms with van der Waals surface area (Å²) in [6, 6.07) is 10.0. The van der Waals surface area contributed by atoms with E-state index in [1.54, 1.807) is 18.4 Å². The molecule has 0 radical (unpaired) electrons. The third-order valence-corrected chi connectivity index (χ3v) is 5.42. The minimum atomic E-state index is -3.15. The molecule has 0 aliphatic heterocycles. The topological polar surface area (TPSA) is 103 Å². The minimum Gasteiger partial charge on any atom is -0.386 e. The highest BCUT2D eigenvalue weighted by molar-refractivity contribution is 7.88. The molecule has 1 aromatic heterocycles. The lowest BCUT2D eigenvalue weighted by molar-refractivity contribution is 0.184. The van der Waals surface area contributed by atoms with Crippen LogP contribution >= 0.6 is 11.3 Å². The molecule has 0 spiro atoms. The van der Waals surface area contributed by atoms with E-state index in [-0.39, 0.29) is 0 Å². The summed E-state index contributed by atoms with van der Waals surface area (Å²) in [5, 5.41) is 17.6. The number of aliphatic imine (C=N–C) groups is 1. The van der Waals surface area contributed by atoms with Gasteiger partial charge < -0.3 is 15.7 Å². The molecule has 0 saturated heterocycles. The Hall–Kier alpha value is -1.68.